The number of aliphatic hydroxyl groups excluding tert-OH is 1. The van der Waals surface area contributed by atoms with Gasteiger partial charge in [-0.3, -0.25) is 0 Å². The number of methoxy groups -OCH3 is 1. The van der Waals surface area contributed by atoms with Crippen LogP contribution in [0.3, 0.4) is 0 Å². The van der Waals surface area contributed by atoms with Crippen molar-refractivity contribution in [2.24, 2.45) is 5.92 Å². The Kier molecular flexibility index (Phi) is 3.49. The van der Waals surface area contributed by atoms with Crippen LogP contribution in [0.25, 0.3) is 0 Å². The summed E-state index contributed by atoms with van der Waals surface area (Å²) in [5.41, 5.74) is 0. The van der Waals surface area contributed by atoms with E-state index in [9.17, 15) is 9.90 Å². The Balaban J connectivity index is 2.39. The first-order valence-corrected chi connectivity index (χ1v) is 4.22. The summed E-state index contributed by atoms with van der Waals surface area (Å²) in [5, 5.41) is 12.6. The third-order valence-corrected chi connectivity index (χ3v) is 2.27. The third kappa shape index (κ3) is 2.19. The van der Waals surface area contributed by atoms with Gasteiger partial charge < -0.3 is 15.2 Å². The first-order chi connectivity index (χ1) is 5.75. The maximum atomic E-state index is 10.9. The van der Waals surface area contributed by atoms with Crippen LogP contribution >= 0.6 is 0 Å². The molecule has 0 spiro atoms. The molecule has 0 aromatic heterocycles. The molecule has 70 valence electrons. The van der Waals surface area contributed by atoms with Gasteiger partial charge in [-0.2, -0.15) is 0 Å². The van der Waals surface area contributed by atoms with Crippen LogP contribution in [0, 0.1) is 5.92 Å². The molecule has 1 rings (SSSR count). The highest BCUT2D eigenvalue weighted by molar-refractivity contribution is 5.74. The van der Waals surface area contributed by atoms with E-state index in [1.165, 1.54) is 7.11 Å². The number of rotatable bonds is 2. The number of aliphatic hydroxyl groups is 1. The van der Waals surface area contributed by atoms with Gasteiger partial charge in [-0.15, -0.1) is 0 Å². The van der Waals surface area contributed by atoms with E-state index >= 15 is 0 Å². The van der Waals surface area contributed by atoms with E-state index in [0.29, 0.717) is 0 Å². The van der Waals surface area contributed by atoms with Gasteiger partial charge in [-0.25, -0.2) is 4.79 Å². The van der Waals surface area contributed by atoms with E-state index in [4.69, 9.17) is 0 Å². The lowest BCUT2D eigenvalue weighted by Gasteiger charge is -2.25. The van der Waals surface area contributed by atoms with Gasteiger partial charge in [-0.05, 0) is 31.8 Å². The van der Waals surface area contributed by atoms with Gasteiger partial charge in [0.1, 0.15) is 0 Å². The van der Waals surface area contributed by atoms with Crippen molar-refractivity contribution in [2.45, 2.75) is 18.9 Å². The Bertz CT molecular complexity index is 154. The molecule has 1 fully saturated rings. The van der Waals surface area contributed by atoms with Gasteiger partial charge in [0.15, 0.2) is 6.10 Å². The predicted octanol–water partition coefficient (Wildman–Crippen LogP) is -0.480. The number of hydrogen-bond acceptors (Lipinski definition) is 4. The number of nitrogens with one attached hydrogen (secondary N) is 1. The summed E-state index contributed by atoms with van der Waals surface area (Å²) in [6, 6.07) is 0. The number of piperidine rings is 1. The van der Waals surface area contributed by atoms with Gasteiger partial charge in [0.05, 0.1) is 7.11 Å². The highest BCUT2D eigenvalue weighted by atomic mass is 16.5. The summed E-state index contributed by atoms with van der Waals surface area (Å²) in [5.74, 6) is -0.444. The Hall–Kier alpha value is -0.610. The van der Waals surface area contributed by atoms with Gasteiger partial charge in [0, 0.05) is 0 Å². The number of hydrogen-bond donors (Lipinski definition) is 2. The van der Waals surface area contributed by atoms with Crippen molar-refractivity contribution in [1.29, 1.82) is 0 Å². The van der Waals surface area contributed by atoms with Crippen molar-refractivity contribution in [1.82, 2.24) is 5.32 Å². The Morgan fingerprint density at radius 2 is 2.17 bits per heavy atom. The largest absolute Gasteiger partial charge is 0.467 e. The minimum Gasteiger partial charge on any atom is -0.467 e. The topological polar surface area (TPSA) is 58.6 Å². The quantitative estimate of drug-likeness (QED) is 0.554. The lowest BCUT2D eigenvalue weighted by molar-refractivity contribution is -0.153. The summed E-state index contributed by atoms with van der Waals surface area (Å²) >= 11 is 0. The van der Waals surface area contributed by atoms with Crippen LogP contribution < -0.4 is 5.32 Å². The average Bonchev–Trinajstić information content (AvgIpc) is 2.17. The first kappa shape index (κ1) is 9.48. The standard InChI is InChI=1S/C8H15NO3/c1-12-8(11)7(10)6-2-4-9-5-3-6/h6-7,9-10H,2-5H2,1H3. The summed E-state index contributed by atoms with van der Waals surface area (Å²) < 4.78 is 4.46. The fourth-order valence-corrected chi connectivity index (χ4v) is 1.47. The predicted molar refractivity (Wildman–Crippen MR) is 43.6 cm³/mol. The molecule has 1 saturated heterocycles. The maximum absolute atomic E-state index is 10.9. The zero-order chi connectivity index (χ0) is 8.97. The second kappa shape index (κ2) is 4.42. The molecular weight excluding hydrogens is 158 g/mol. The second-order valence-corrected chi connectivity index (χ2v) is 3.06. The first-order valence-electron chi connectivity index (χ1n) is 4.22. The highest BCUT2D eigenvalue weighted by Gasteiger charge is 2.27. The fraction of sp³-hybridized carbons (Fsp3) is 0.875. The summed E-state index contributed by atoms with van der Waals surface area (Å²) in [7, 11) is 1.30. The van der Waals surface area contributed by atoms with Crippen molar-refractivity contribution in [3.63, 3.8) is 0 Å². The van der Waals surface area contributed by atoms with Crippen LogP contribution in [0.1, 0.15) is 12.8 Å². The molecule has 1 aliphatic rings. The summed E-state index contributed by atoms with van der Waals surface area (Å²) in [4.78, 5) is 10.9. The lowest BCUT2D eigenvalue weighted by Crippen LogP contribution is -2.38. The lowest BCUT2D eigenvalue weighted by atomic mass is 9.92. The molecule has 1 aliphatic heterocycles. The average molecular weight is 173 g/mol. The monoisotopic (exact) mass is 173 g/mol. The molecule has 0 aromatic rings. The second-order valence-electron chi connectivity index (χ2n) is 3.06. The van der Waals surface area contributed by atoms with E-state index in [1.807, 2.05) is 0 Å². The molecule has 0 aliphatic carbocycles. The van der Waals surface area contributed by atoms with Crippen LogP contribution in [0.5, 0.6) is 0 Å². The van der Waals surface area contributed by atoms with Crippen LogP contribution in [0.15, 0.2) is 0 Å². The Morgan fingerprint density at radius 3 is 2.67 bits per heavy atom. The molecular formula is C8H15NO3. The molecule has 0 saturated carbocycles. The van der Waals surface area contributed by atoms with Crippen LogP contribution in [-0.2, 0) is 9.53 Å². The van der Waals surface area contributed by atoms with Gasteiger partial charge in [0.2, 0.25) is 0 Å². The molecule has 4 nitrogen and oxygen atoms in total. The number of ether oxygens (including phenoxy) is 1. The summed E-state index contributed by atoms with van der Waals surface area (Å²) in [6.45, 7) is 1.75. The molecule has 0 radical (unpaired) electrons. The third-order valence-electron chi connectivity index (χ3n) is 2.27. The van der Waals surface area contributed by atoms with Gasteiger partial charge in [-0.1, -0.05) is 0 Å². The molecule has 1 heterocycles. The molecule has 2 N–H and O–H groups in total. The Morgan fingerprint density at radius 1 is 1.58 bits per heavy atom. The van der Waals surface area contributed by atoms with Crippen LogP contribution in [0.4, 0.5) is 0 Å². The molecule has 0 amide bonds. The van der Waals surface area contributed by atoms with Crippen molar-refractivity contribution in [2.75, 3.05) is 20.2 Å². The normalized spacial score (nSPS) is 21.8. The van der Waals surface area contributed by atoms with Crippen molar-refractivity contribution < 1.29 is 14.6 Å². The smallest absolute Gasteiger partial charge is 0.334 e. The van der Waals surface area contributed by atoms with E-state index in [1.54, 1.807) is 0 Å². The van der Waals surface area contributed by atoms with E-state index < -0.39 is 12.1 Å². The molecule has 0 bridgehead atoms. The van der Waals surface area contributed by atoms with Crippen LogP contribution in [0.2, 0.25) is 0 Å². The van der Waals surface area contributed by atoms with E-state index in [2.05, 4.69) is 10.1 Å². The van der Waals surface area contributed by atoms with Crippen molar-refractivity contribution in [3.8, 4) is 0 Å². The van der Waals surface area contributed by atoms with Crippen molar-refractivity contribution in [3.05, 3.63) is 0 Å². The zero-order valence-electron chi connectivity index (χ0n) is 7.25. The number of esters is 1. The summed E-state index contributed by atoms with van der Waals surface area (Å²) in [6.07, 6.45) is 0.754. The molecule has 12 heavy (non-hydrogen) atoms. The SMILES string of the molecule is COC(=O)C(O)C1CCNCC1. The van der Waals surface area contributed by atoms with Crippen molar-refractivity contribution >= 4 is 5.97 Å². The highest BCUT2D eigenvalue weighted by Crippen LogP contribution is 2.16. The van der Waals surface area contributed by atoms with Gasteiger partial charge >= 0.3 is 5.97 Å². The number of carbonyl (C=O) groups is 1. The molecule has 0 aromatic carbocycles. The molecule has 1 atom stereocenters. The van der Waals surface area contributed by atoms with Gasteiger partial charge in [0.25, 0.3) is 0 Å². The van der Waals surface area contributed by atoms with E-state index in [-0.39, 0.29) is 5.92 Å². The van der Waals surface area contributed by atoms with E-state index in [0.717, 1.165) is 25.9 Å². The Labute approximate surface area is 71.9 Å². The molecule has 1 unspecified atom stereocenters. The molecule has 4 heteroatoms. The zero-order valence-corrected chi connectivity index (χ0v) is 7.25. The number of carbonyl (C=O) groups excluding carboxylic acids is 1. The maximum Gasteiger partial charge on any atom is 0.334 e. The minimum absolute atomic E-state index is 0.0682. The van der Waals surface area contributed by atoms with Crippen LogP contribution in [-0.4, -0.2) is 37.4 Å². The fourth-order valence-electron chi connectivity index (χ4n) is 1.47. The minimum atomic E-state index is -0.933.